The monoisotopic (exact) mass is 221 g/mol. The molecule has 1 atom stereocenters. The molecule has 0 bridgehead atoms. The van der Waals surface area contributed by atoms with Crippen molar-refractivity contribution in [2.75, 3.05) is 0 Å². The lowest BCUT2D eigenvalue weighted by atomic mass is 9.98. The van der Waals surface area contributed by atoms with E-state index < -0.39 is 10.9 Å². The first-order chi connectivity index (χ1) is 7.58. The van der Waals surface area contributed by atoms with Gasteiger partial charge in [-0.15, -0.1) is 0 Å². The molecule has 0 saturated heterocycles. The number of carboxylic acids is 1. The van der Waals surface area contributed by atoms with Gasteiger partial charge in [0.15, 0.2) is 0 Å². The van der Waals surface area contributed by atoms with Crippen LogP contribution >= 0.6 is 0 Å². The first-order valence-electron chi connectivity index (χ1n) is 5.07. The van der Waals surface area contributed by atoms with E-state index >= 15 is 0 Å². The van der Waals surface area contributed by atoms with Crippen molar-refractivity contribution in [2.45, 2.75) is 25.2 Å². The number of non-ortho nitro benzene ring substituents is 1. The van der Waals surface area contributed by atoms with Crippen molar-refractivity contribution in [2.24, 2.45) is 0 Å². The largest absolute Gasteiger partial charge is 0.481 e. The second kappa shape index (κ2) is 3.92. The molecule has 0 radical (unpaired) electrons. The second-order valence-electron chi connectivity index (χ2n) is 3.97. The Kier molecular flexibility index (Phi) is 2.60. The number of benzene rings is 1. The first-order valence-corrected chi connectivity index (χ1v) is 5.07. The summed E-state index contributed by atoms with van der Waals surface area (Å²) in [6, 6.07) is 4.68. The molecule has 1 aromatic carbocycles. The highest BCUT2D eigenvalue weighted by atomic mass is 16.6. The van der Waals surface area contributed by atoms with Gasteiger partial charge in [0.05, 0.1) is 11.3 Å². The molecule has 1 aliphatic carbocycles. The van der Waals surface area contributed by atoms with Gasteiger partial charge in [-0.05, 0) is 29.9 Å². The van der Waals surface area contributed by atoms with Crippen molar-refractivity contribution in [1.29, 1.82) is 0 Å². The van der Waals surface area contributed by atoms with Crippen LogP contribution in [-0.2, 0) is 11.2 Å². The summed E-state index contributed by atoms with van der Waals surface area (Å²) in [5, 5.41) is 19.3. The highest BCUT2D eigenvalue weighted by Gasteiger charge is 2.26. The zero-order valence-electron chi connectivity index (χ0n) is 8.55. The minimum atomic E-state index is -0.823. The van der Waals surface area contributed by atoms with E-state index in [1.807, 2.05) is 0 Å². The summed E-state index contributed by atoms with van der Waals surface area (Å²) < 4.78 is 0. The zero-order valence-corrected chi connectivity index (χ0v) is 8.55. The molecule has 84 valence electrons. The average Bonchev–Trinajstić information content (AvgIpc) is 2.60. The van der Waals surface area contributed by atoms with E-state index in [0.717, 1.165) is 24.0 Å². The molecule has 1 unspecified atom stereocenters. The minimum Gasteiger partial charge on any atom is -0.481 e. The van der Waals surface area contributed by atoms with Crippen molar-refractivity contribution in [1.82, 2.24) is 0 Å². The van der Waals surface area contributed by atoms with Crippen LogP contribution in [0.4, 0.5) is 5.69 Å². The van der Waals surface area contributed by atoms with E-state index in [-0.39, 0.29) is 18.0 Å². The molecule has 0 aromatic heterocycles. The SMILES string of the molecule is O=C(O)CC1CCc2cc([N+](=O)[O-])ccc21. The van der Waals surface area contributed by atoms with Crippen molar-refractivity contribution >= 4 is 11.7 Å². The summed E-state index contributed by atoms with van der Waals surface area (Å²) >= 11 is 0. The molecule has 0 aliphatic heterocycles. The maximum absolute atomic E-state index is 10.6. The molecular weight excluding hydrogens is 210 g/mol. The number of hydrogen-bond acceptors (Lipinski definition) is 3. The summed E-state index contributed by atoms with van der Waals surface area (Å²) in [5.74, 6) is -0.815. The summed E-state index contributed by atoms with van der Waals surface area (Å²) in [6.07, 6.45) is 1.60. The topological polar surface area (TPSA) is 80.4 Å². The van der Waals surface area contributed by atoms with E-state index in [4.69, 9.17) is 5.11 Å². The van der Waals surface area contributed by atoms with Crippen molar-refractivity contribution < 1.29 is 14.8 Å². The van der Waals surface area contributed by atoms with E-state index in [1.165, 1.54) is 6.07 Å². The van der Waals surface area contributed by atoms with Gasteiger partial charge >= 0.3 is 5.97 Å². The van der Waals surface area contributed by atoms with Crippen LogP contribution in [0.1, 0.15) is 29.9 Å². The van der Waals surface area contributed by atoms with Gasteiger partial charge in [-0.25, -0.2) is 0 Å². The highest BCUT2D eigenvalue weighted by Crippen LogP contribution is 2.37. The van der Waals surface area contributed by atoms with Crippen molar-refractivity contribution in [3.8, 4) is 0 Å². The van der Waals surface area contributed by atoms with Crippen LogP contribution in [0.5, 0.6) is 0 Å². The Bertz CT molecular complexity index is 455. The Labute approximate surface area is 91.9 Å². The summed E-state index contributed by atoms with van der Waals surface area (Å²) in [4.78, 5) is 20.8. The Balaban J connectivity index is 2.28. The van der Waals surface area contributed by atoms with Crippen molar-refractivity contribution in [3.63, 3.8) is 0 Å². The molecule has 0 heterocycles. The molecule has 0 amide bonds. The number of fused-ring (bicyclic) bond motifs is 1. The van der Waals surface area contributed by atoms with Crippen LogP contribution in [0.2, 0.25) is 0 Å². The Morgan fingerprint density at radius 3 is 2.94 bits per heavy atom. The number of aryl methyl sites for hydroxylation is 1. The molecule has 2 rings (SSSR count). The second-order valence-corrected chi connectivity index (χ2v) is 3.97. The van der Waals surface area contributed by atoms with Gasteiger partial charge in [0, 0.05) is 12.1 Å². The quantitative estimate of drug-likeness (QED) is 0.626. The number of hydrogen-bond donors (Lipinski definition) is 1. The normalized spacial score (nSPS) is 18.1. The lowest BCUT2D eigenvalue weighted by Gasteiger charge is -2.07. The third kappa shape index (κ3) is 1.88. The molecule has 1 N–H and O–H groups in total. The van der Waals surface area contributed by atoms with E-state index in [0.29, 0.717) is 0 Å². The standard InChI is InChI=1S/C11H11NO4/c13-11(14)6-8-2-1-7-5-9(12(15)16)3-4-10(7)8/h3-5,8H,1-2,6H2,(H,13,14). The molecule has 16 heavy (non-hydrogen) atoms. The molecule has 0 fully saturated rings. The van der Waals surface area contributed by atoms with Crippen LogP contribution in [0, 0.1) is 10.1 Å². The smallest absolute Gasteiger partial charge is 0.303 e. The van der Waals surface area contributed by atoms with Gasteiger partial charge in [0.25, 0.3) is 5.69 Å². The molecule has 1 aliphatic rings. The van der Waals surface area contributed by atoms with Gasteiger partial charge in [0.2, 0.25) is 0 Å². The van der Waals surface area contributed by atoms with E-state index in [9.17, 15) is 14.9 Å². The number of carboxylic acid groups (broad SMARTS) is 1. The van der Waals surface area contributed by atoms with Crippen LogP contribution in [0.3, 0.4) is 0 Å². The molecule has 5 heteroatoms. The summed E-state index contributed by atoms with van der Waals surface area (Å²) in [6.45, 7) is 0. The third-order valence-corrected chi connectivity index (χ3v) is 2.96. The van der Waals surface area contributed by atoms with Crippen molar-refractivity contribution in [3.05, 3.63) is 39.4 Å². The number of nitrogens with zero attached hydrogens (tertiary/aromatic N) is 1. The third-order valence-electron chi connectivity index (χ3n) is 2.96. The first kappa shape index (κ1) is 10.6. The Morgan fingerprint density at radius 2 is 2.31 bits per heavy atom. The Hall–Kier alpha value is -1.91. The fraction of sp³-hybridized carbons (Fsp3) is 0.364. The zero-order chi connectivity index (χ0) is 11.7. The van der Waals surface area contributed by atoms with Gasteiger partial charge in [-0.2, -0.15) is 0 Å². The maximum atomic E-state index is 10.6. The lowest BCUT2D eigenvalue weighted by molar-refractivity contribution is -0.384. The van der Waals surface area contributed by atoms with Gasteiger partial charge < -0.3 is 5.11 Å². The predicted molar refractivity (Wildman–Crippen MR) is 56.4 cm³/mol. The highest BCUT2D eigenvalue weighted by molar-refractivity contribution is 5.68. The number of nitro benzene ring substituents is 1. The van der Waals surface area contributed by atoms with Crippen LogP contribution in [-0.4, -0.2) is 16.0 Å². The predicted octanol–water partition coefficient (Wildman–Crippen LogP) is 2.10. The lowest BCUT2D eigenvalue weighted by Crippen LogP contribution is -2.03. The summed E-state index contributed by atoms with van der Waals surface area (Å²) in [5.41, 5.74) is 1.95. The average molecular weight is 221 g/mol. The molecule has 5 nitrogen and oxygen atoms in total. The number of aliphatic carboxylic acids is 1. The van der Waals surface area contributed by atoms with Crippen LogP contribution in [0.25, 0.3) is 0 Å². The van der Waals surface area contributed by atoms with Crippen LogP contribution in [0.15, 0.2) is 18.2 Å². The molecule has 0 spiro atoms. The van der Waals surface area contributed by atoms with Gasteiger partial charge in [-0.1, -0.05) is 6.07 Å². The van der Waals surface area contributed by atoms with Gasteiger partial charge in [-0.3, -0.25) is 14.9 Å². The maximum Gasteiger partial charge on any atom is 0.303 e. The number of rotatable bonds is 3. The molecule has 0 saturated carbocycles. The minimum absolute atomic E-state index is 0.00769. The Morgan fingerprint density at radius 1 is 1.56 bits per heavy atom. The molecule has 1 aromatic rings. The summed E-state index contributed by atoms with van der Waals surface area (Å²) in [7, 11) is 0. The van der Waals surface area contributed by atoms with Crippen LogP contribution < -0.4 is 0 Å². The van der Waals surface area contributed by atoms with E-state index in [2.05, 4.69) is 0 Å². The number of carbonyl (C=O) groups is 1. The number of nitro groups is 1. The fourth-order valence-electron chi connectivity index (χ4n) is 2.23. The fourth-order valence-corrected chi connectivity index (χ4v) is 2.23. The van der Waals surface area contributed by atoms with Gasteiger partial charge in [0.1, 0.15) is 0 Å². The molecular formula is C11H11NO4. The van der Waals surface area contributed by atoms with E-state index in [1.54, 1.807) is 12.1 Å².